The second kappa shape index (κ2) is 3.22. The summed E-state index contributed by atoms with van der Waals surface area (Å²) >= 11 is 0. The molecule has 0 spiro atoms. The van der Waals surface area contributed by atoms with Crippen LogP contribution in [0.25, 0.3) is 11.0 Å². The number of nitrogens with two attached hydrogens (primary N) is 1. The van der Waals surface area contributed by atoms with Crippen LogP contribution in [0.4, 0.5) is 13.2 Å². The van der Waals surface area contributed by atoms with Crippen molar-refractivity contribution >= 4 is 11.0 Å². The highest BCUT2D eigenvalue weighted by Crippen LogP contribution is 2.32. The Bertz CT molecular complexity index is 585. The second-order valence-corrected chi connectivity index (χ2v) is 4.30. The molecule has 1 aromatic carbocycles. The normalized spacial score (nSPS) is 19.9. The fraction of sp³-hybridized carbons (Fsp3) is 0.364. The van der Waals surface area contributed by atoms with Crippen molar-refractivity contribution in [2.24, 2.45) is 5.73 Å². The summed E-state index contributed by atoms with van der Waals surface area (Å²) in [6.45, 7) is 0.535. The monoisotopic (exact) mass is 241 g/mol. The van der Waals surface area contributed by atoms with Gasteiger partial charge in [0.15, 0.2) is 0 Å². The van der Waals surface area contributed by atoms with Crippen LogP contribution in [0, 0.1) is 0 Å². The van der Waals surface area contributed by atoms with E-state index in [1.54, 1.807) is 4.57 Å². The summed E-state index contributed by atoms with van der Waals surface area (Å²) < 4.78 is 39.6. The summed E-state index contributed by atoms with van der Waals surface area (Å²) in [7, 11) is 0. The van der Waals surface area contributed by atoms with E-state index in [0.717, 1.165) is 18.0 Å². The Hall–Kier alpha value is -1.56. The number of halogens is 3. The third kappa shape index (κ3) is 1.59. The van der Waals surface area contributed by atoms with Gasteiger partial charge in [0.2, 0.25) is 0 Å². The first-order valence-corrected chi connectivity index (χ1v) is 5.27. The molecule has 3 rings (SSSR count). The summed E-state index contributed by atoms with van der Waals surface area (Å²) in [6.07, 6.45) is -3.70. The first kappa shape index (κ1) is 10.6. The molecule has 2 N–H and O–H groups in total. The number of hydrogen-bond acceptors (Lipinski definition) is 2. The molecule has 1 aromatic heterocycles. The number of imidazole rings is 1. The summed E-state index contributed by atoms with van der Waals surface area (Å²) in [5, 5.41) is 0. The first-order chi connectivity index (χ1) is 7.95. The van der Waals surface area contributed by atoms with Crippen molar-refractivity contribution in [2.45, 2.75) is 25.2 Å². The van der Waals surface area contributed by atoms with Crippen molar-refractivity contribution in [3.8, 4) is 0 Å². The third-order valence-electron chi connectivity index (χ3n) is 3.02. The molecule has 1 aliphatic heterocycles. The van der Waals surface area contributed by atoms with Crippen molar-refractivity contribution < 1.29 is 13.2 Å². The topological polar surface area (TPSA) is 43.8 Å². The van der Waals surface area contributed by atoms with E-state index in [2.05, 4.69) is 4.98 Å². The number of alkyl halides is 3. The fourth-order valence-electron chi connectivity index (χ4n) is 2.24. The van der Waals surface area contributed by atoms with Gasteiger partial charge < -0.3 is 10.3 Å². The smallest absolute Gasteiger partial charge is 0.326 e. The molecule has 2 heterocycles. The van der Waals surface area contributed by atoms with Crippen LogP contribution >= 0.6 is 0 Å². The zero-order valence-corrected chi connectivity index (χ0v) is 8.83. The molecule has 1 aliphatic rings. The zero-order chi connectivity index (χ0) is 12.2. The lowest BCUT2D eigenvalue weighted by Gasteiger charge is -2.07. The molecule has 2 aromatic rings. The fourth-order valence-corrected chi connectivity index (χ4v) is 2.24. The molecule has 17 heavy (non-hydrogen) atoms. The molecule has 0 radical (unpaired) electrons. The second-order valence-electron chi connectivity index (χ2n) is 4.30. The van der Waals surface area contributed by atoms with Gasteiger partial charge in [-0.25, -0.2) is 4.98 Å². The molecule has 6 heteroatoms. The Balaban J connectivity index is 2.19. The average Bonchev–Trinajstić information content (AvgIpc) is 2.71. The maximum atomic E-state index is 12.6. The lowest BCUT2D eigenvalue weighted by atomic mass is 10.2. The minimum atomic E-state index is -4.32. The van der Waals surface area contributed by atoms with Crippen LogP contribution in [0.1, 0.15) is 11.4 Å². The molecule has 0 saturated heterocycles. The Morgan fingerprint density at radius 1 is 1.35 bits per heavy atom. The molecule has 0 amide bonds. The van der Waals surface area contributed by atoms with Gasteiger partial charge in [0.1, 0.15) is 5.82 Å². The molecule has 0 aliphatic carbocycles. The van der Waals surface area contributed by atoms with Crippen LogP contribution in [-0.4, -0.2) is 15.6 Å². The van der Waals surface area contributed by atoms with E-state index in [1.165, 1.54) is 6.07 Å². The largest absolute Gasteiger partial charge is 0.416 e. The number of aromatic nitrogens is 2. The summed E-state index contributed by atoms with van der Waals surface area (Å²) in [5.74, 6) is 0.770. The van der Waals surface area contributed by atoms with Crippen LogP contribution in [0.3, 0.4) is 0 Å². The van der Waals surface area contributed by atoms with Gasteiger partial charge in [-0.15, -0.1) is 0 Å². The van der Waals surface area contributed by atoms with Crippen LogP contribution in [0.15, 0.2) is 18.2 Å². The van der Waals surface area contributed by atoms with Crippen molar-refractivity contribution in [3.05, 3.63) is 29.6 Å². The lowest BCUT2D eigenvalue weighted by molar-refractivity contribution is -0.137. The Kier molecular flexibility index (Phi) is 2.01. The lowest BCUT2D eigenvalue weighted by Crippen LogP contribution is -2.20. The third-order valence-corrected chi connectivity index (χ3v) is 3.02. The van der Waals surface area contributed by atoms with Gasteiger partial charge in [0, 0.05) is 19.0 Å². The predicted molar refractivity (Wildman–Crippen MR) is 56.4 cm³/mol. The van der Waals surface area contributed by atoms with E-state index in [0.29, 0.717) is 24.0 Å². The number of rotatable bonds is 0. The van der Waals surface area contributed by atoms with E-state index in [1.807, 2.05) is 0 Å². The maximum absolute atomic E-state index is 12.6. The van der Waals surface area contributed by atoms with Crippen molar-refractivity contribution in [2.75, 3.05) is 0 Å². The number of hydrogen-bond donors (Lipinski definition) is 1. The van der Waals surface area contributed by atoms with E-state index >= 15 is 0 Å². The molecule has 3 nitrogen and oxygen atoms in total. The summed E-state index contributed by atoms with van der Waals surface area (Å²) in [5.41, 5.74) is 6.23. The Morgan fingerprint density at radius 2 is 2.12 bits per heavy atom. The van der Waals surface area contributed by atoms with Gasteiger partial charge in [-0.1, -0.05) is 0 Å². The molecule has 1 atom stereocenters. The number of benzene rings is 1. The SMILES string of the molecule is NC1Cc2nc3ccc(C(F)(F)F)cc3n2C1. The van der Waals surface area contributed by atoms with Crippen LogP contribution < -0.4 is 5.73 Å². The minimum Gasteiger partial charge on any atom is -0.326 e. The zero-order valence-electron chi connectivity index (χ0n) is 8.83. The van der Waals surface area contributed by atoms with Crippen LogP contribution in [-0.2, 0) is 19.1 Å². The van der Waals surface area contributed by atoms with Crippen LogP contribution in [0.5, 0.6) is 0 Å². The maximum Gasteiger partial charge on any atom is 0.416 e. The molecule has 90 valence electrons. The van der Waals surface area contributed by atoms with Gasteiger partial charge in [-0.3, -0.25) is 0 Å². The van der Waals surface area contributed by atoms with Gasteiger partial charge in [0.25, 0.3) is 0 Å². The minimum absolute atomic E-state index is 0.0450. The summed E-state index contributed by atoms with van der Waals surface area (Å²) in [4.78, 5) is 4.28. The molecule has 1 unspecified atom stereocenters. The van der Waals surface area contributed by atoms with Crippen molar-refractivity contribution in [3.63, 3.8) is 0 Å². The van der Waals surface area contributed by atoms with E-state index in [-0.39, 0.29) is 6.04 Å². The first-order valence-electron chi connectivity index (χ1n) is 5.27. The van der Waals surface area contributed by atoms with Gasteiger partial charge in [0.05, 0.1) is 16.6 Å². The highest BCUT2D eigenvalue weighted by Gasteiger charge is 2.31. The molecular weight excluding hydrogens is 231 g/mol. The molecule has 0 saturated carbocycles. The Labute approximate surface area is 95.0 Å². The van der Waals surface area contributed by atoms with Crippen LogP contribution in [0.2, 0.25) is 0 Å². The van der Waals surface area contributed by atoms with Gasteiger partial charge in [-0.05, 0) is 18.2 Å². The van der Waals surface area contributed by atoms with Crippen molar-refractivity contribution in [1.29, 1.82) is 0 Å². The Morgan fingerprint density at radius 3 is 2.82 bits per heavy atom. The summed E-state index contributed by atoms with van der Waals surface area (Å²) in [6, 6.07) is 3.57. The number of fused-ring (bicyclic) bond motifs is 3. The molecule has 0 fully saturated rings. The molecular formula is C11H10F3N3. The van der Waals surface area contributed by atoms with E-state index in [4.69, 9.17) is 5.73 Å². The van der Waals surface area contributed by atoms with E-state index in [9.17, 15) is 13.2 Å². The predicted octanol–water partition coefficient (Wildman–Crippen LogP) is 1.94. The van der Waals surface area contributed by atoms with Gasteiger partial charge >= 0.3 is 6.18 Å². The van der Waals surface area contributed by atoms with Gasteiger partial charge in [-0.2, -0.15) is 13.2 Å². The van der Waals surface area contributed by atoms with Crippen molar-refractivity contribution in [1.82, 2.24) is 9.55 Å². The molecule has 0 bridgehead atoms. The quantitative estimate of drug-likeness (QED) is 0.766. The standard InChI is InChI=1S/C11H10F3N3/c12-11(13,14)6-1-2-8-9(3-6)17-5-7(15)4-10(17)16-8/h1-3,7H,4-5,15H2. The average molecular weight is 241 g/mol. The number of nitrogens with zero attached hydrogens (tertiary/aromatic N) is 2. The highest BCUT2D eigenvalue weighted by molar-refractivity contribution is 5.77. The van der Waals surface area contributed by atoms with E-state index < -0.39 is 11.7 Å². The highest BCUT2D eigenvalue weighted by atomic mass is 19.4.